The van der Waals surface area contributed by atoms with Gasteiger partial charge in [-0.2, -0.15) is 5.10 Å². The average Bonchev–Trinajstić information content (AvgIpc) is 2.55. The number of aromatic carboxylic acids is 1. The molecule has 1 amide bonds. The summed E-state index contributed by atoms with van der Waals surface area (Å²) in [6.45, 7) is 1.41. The van der Waals surface area contributed by atoms with Crippen molar-refractivity contribution in [3.05, 3.63) is 50.7 Å². The number of anilines is 2. The lowest BCUT2D eigenvalue weighted by Crippen LogP contribution is -2.24. The van der Waals surface area contributed by atoms with Crippen LogP contribution in [0.25, 0.3) is 0 Å². The Morgan fingerprint density at radius 2 is 1.80 bits per heavy atom. The van der Waals surface area contributed by atoms with Crippen LogP contribution in [0.1, 0.15) is 23.0 Å². The van der Waals surface area contributed by atoms with E-state index < -0.39 is 11.7 Å². The fourth-order valence-electron chi connectivity index (χ4n) is 1.77. The van der Waals surface area contributed by atoms with Gasteiger partial charge in [-0.3, -0.25) is 10.2 Å². The van der Waals surface area contributed by atoms with Gasteiger partial charge in [0.05, 0.1) is 22.9 Å². The number of nitrogens with zero attached hydrogens (tertiary/aromatic N) is 2. The van der Waals surface area contributed by atoms with E-state index in [1.807, 2.05) is 0 Å². The predicted octanol–water partition coefficient (Wildman–Crippen LogP) is 2.81. The van der Waals surface area contributed by atoms with Crippen molar-refractivity contribution < 1.29 is 14.7 Å². The molecule has 2 aromatic rings. The topological polar surface area (TPSA) is 107 Å². The largest absolute Gasteiger partial charge is 0.543 e. The number of nitrogens with one attached hydrogen (secondary N) is 2. The highest BCUT2D eigenvalue weighted by atomic mass is 35.5. The Morgan fingerprint density at radius 3 is 2.36 bits per heavy atom. The Bertz CT molecular complexity index is 854. The second-order valence-corrected chi connectivity index (χ2v) is 5.83. The molecule has 0 spiro atoms. The van der Waals surface area contributed by atoms with Crippen molar-refractivity contribution in [2.45, 2.75) is 6.92 Å². The maximum absolute atomic E-state index is 11.0. The van der Waals surface area contributed by atoms with Gasteiger partial charge in [-0.15, -0.1) is 0 Å². The molecule has 0 radical (unpaired) electrons. The van der Waals surface area contributed by atoms with Crippen molar-refractivity contribution in [2.24, 2.45) is 5.10 Å². The van der Waals surface area contributed by atoms with Crippen LogP contribution in [0, 0.1) is 0 Å². The Kier molecular flexibility index (Phi) is 6.19. The Labute approximate surface area is 157 Å². The molecule has 0 saturated carbocycles. The second kappa shape index (κ2) is 8.15. The number of carbonyl (C=O) groups excluding carboxylic acids is 2. The van der Waals surface area contributed by atoms with Crippen LogP contribution in [-0.4, -0.2) is 23.1 Å². The molecule has 0 aliphatic heterocycles. The van der Waals surface area contributed by atoms with Crippen LogP contribution in [0.2, 0.25) is 15.2 Å². The Balaban J connectivity index is 2.19. The number of hydrazone groups is 1. The van der Waals surface area contributed by atoms with Crippen molar-refractivity contribution in [1.82, 2.24) is 4.98 Å². The van der Waals surface area contributed by atoms with Crippen molar-refractivity contribution in [1.29, 1.82) is 0 Å². The molecule has 130 valence electrons. The quantitative estimate of drug-likeness (QED) is 0.456. The molecule has 0 aliphatic carbocycles. The molecule has 0 atom stereocenters. The van der Waals surface area contributed by atoms with Gasteiger partial charge in [-0.1, -0.05) is 46.9 Å². The summed E-state index contributed by atoms with van der Waals surface area (Å²) < 4.78 is 0. The monoisotopic (exact) mass is 399 g/mol. The minimum atomic E-state index is -1.59. The Hall–Kier alpha value is -2.35. The smallest absolute Gasteiger partial charge is 0.221 e. The van der Waals surface area contributed by atoms with Gasteiger partial charge in [0, 0.05) is 12.6 Å². The first-order valence-corrected chi connectivity index (χ1v) is 7.85. The van der Waals surface area contributed by atoms with Crippen molar-refractivity contribution in [3.8, 4) is 0 Å². The van der Waals surface area contributed by atoms with Crippen LogP contribution in [-0.2, 0) is 4.79 Å². The van der Waals surface area contributed by atoms with Crippen LogP contribution in [0.15, 0.2) is 29.4 Å². The van der Waals surface area contributed by atoms with Gasteiger partial charge in [0.1, 0.15) is 10.7 Å². The minimum Gasteiger partial charge on any atom is -0.543 e. The fourth-order valence-corrected chi connectivity index (χ4v) is 2.44. The third kappa shape index (κ3) is 4.82. The number of pyridine rings is 1. The van der Waals surface area contributed by atoms with Gasteiger partial charge < -0.3 is 15.2 Å². The summed E-state index contributed by atoms with van der Waals surface area (Å²) in [4.78, 5) is 25.5. The average molecular weight is 401 g/mol. The molecule has 0 bridgehead atoms. The van der Waals surface area contributed by atoms with Crippen molar-refractivity contribution in [2.75, 3.05) is 10.7 Å². The molecule has 2 rings (SSSR count). The van der Waals surface area contributed by atoms with Gasteiger partial charge in [0.2, 0.25) is 5.91 Å². The summed E-state index contributed by atoms with van der Waals surface area (Å²) >= 11 is 17.7. The summed E-state index contributed by atoms with van der Waals surface area (Å²) in [7, 11) is 0. The molecule has 1 aromatic carbocycles. The van der Waals surface area contributed by atoms with Gasteiger partial charge in [-0.25, -0.2) is 4.98 Å². The molecular formula is C15H10Cl3N4O3-. The second-order valence-electron chi connectivity index (χ2n) is 4.71. The number of hydrogen-bond acceptors (Lipinski definition) is 6. The van der Waals surface area contributed by atoms with E-state index in [1.165, 1.54) is 13.1 Å². The van der Waals surface area contributed by atoms with Crippen molar-refractivity contribution >= 4 is 64.3 Å². The SMILES string of the molecule is CC(=O)Nc1ccc(/C=N\Nc2c(Cl)c(Cl)nc(C(=O)[O-])c2Cl)cc1. The van der Waals surface area contributed by atoms with E-state index in [-0.39, 0.29) is 26.8 Å². The number of halogens is 3. The van der Waals surface area contributed by atoms with Gasteiger partial charge >= 0.3 is 0 Å². The van der Waals surface area contributed by atoms with Crippen LogP contribution < -0.4 is 15.8 Å². The first kappa shape index (κ1) is 19.0. The fraction of sp³-hybridized carbons (Fsp3) is 0.0667. The molecule has 1 heterocycles. The van der Waals surface area contributed by atoms with Gasteiger partial charge in [0.25, 0.3) is 0 Å². The minimum absolute atomic E-state index is 0.00588. The van der Waals surface area contributed by atoms with Crippen LogP contribution >= 0.6 is 34.8 Å². The number of aromatic nitrogens is 1. The molecule has 2 N–H and O–H groups in total. The molecule has 10 heteroatoms. The highest BCUT2D eigenvalue weighted by molar-refractivity contribution is 6.46. The molecule has 7 nitrogen and oxygen atoms in total. The van der Waals surface area contributed by atoms with Crippen LogP contribution in [0.3, 0.4) is 0 Å². The summed E-state index contributed by atoms with van der Waals surface area (Å²) in [5.41, 5.74) is 3.32. The van der Waals surface area contributed by atoms with E-state index in [1.54, 1.807) is 24.3 Å². The number of carbonyl (C=O) groups is 2. The van der Waals surface area contributed by atoms with Crippen molar-refractivity contribution in [3.63, 3.8) is 0 Å². The van der Waals surface area contributed by atoms with Crippen LogP contribution in [0.5, 0.6) is 0 Å². The van der Waals surface area contributed by atoms with E-state index in [0.29, 0.717) is 11.3 Å². The standard InChI is InChI=1S/C15H11Cl3N4O3/c1-7(23)20-9-4-2-8(3-5-9)6-19-22-12-10(16)13(15(24)25)21-14(18)11(12)17/h2-6H,1H3,(H,20,23)(H,21,22)(H,24,25)/p-1/b19-6-. The van der Waals surface area contributed by atoms with E-state index in [2.05, 4.69) is 20.8 Å². The normalized spacial score (nSPS) is 10.7. The zero-order valence-corrected chi connectivity index (χ0v) is 14.9. The lowest BCUT2D eigenvalue weighted by Gasteiger charge is -2.12. The molecule has 25 heavy (non-hydrogen) atoms. The highest BCUT2D eigenvalue weighted by Gasteiger charge is 2.16. The summed E-state index contributed by atoms with van der Waals surface area (Å²) in [5.74, 6) is -1.77. The molecule has 0 unspecified atom stereocenters. The highest BCUT2D eigenvalue weighted by Crippen LogP contribution is 2.36. The summed E-state index contributed by atoms with van der Waals surface area (Å²) in [6, 6.07) is 6.82. The molecule has 0 aliphatic rings. The number of benzene rings is 1. The predicted molar refractivity (Wildman–Crippen MR) is 95.6 cm³/mol. The molecule has 0 saturated heterocycles. The van der Waals surface area contributed by atoms with Gasteiger partial charge in [0.15, 0.2) is 5.15 Å². The lowest BCUT2D eigenvalue weighted by atomic mass is 10.2. The zero-order chi connectivity index (χ0) is 18.6. The van der Waals surface area contributed by atoms with E-state index in [0.717, 1.165) is 0 Å². The van der Waals surface area contributed by atoms with E-state index in [4.69, 9.17) is 34.8 Å². The number of rotatable bonds is 5. The maximum atomic E-state index is 11.0. The number of carboxylic acids is 1. The molecule has 1 aromatic heterocycles. The molecule has 0 fully saturated rings. The third-order valence-electron chi connectivity index (χ3n) is 2.85. The summed E-state index contributed by atoms with van der Waals surface area (Å²) in [5, 5.41) is 17.0. The first-order chi connectivity index (χ1) is 11.8. The Morgan fingerprint density at radius 1 is 1.16 bits per heavy atom. The lowest BCUT2D eigenvalue weighted by molar-refractivity contribution is -0.255. The first-order valence-electron chi connectivity index (χ1n) is 6.72. The van der Waals surface area contributed by atoms with Gasteiger partial charge in [-0.05, 0) is 17.7 Å². The van der Waals surface area contributed by atoms with E-state index in [9.17, 15) is 14.7 Å². The van der Waals surface area contributed by atoms with E-state index >= 15 is 0 Å². The number of amides is 1. The third-order valence-corrected chi connectivity index (χ3v) is 3.96. The summed E-state index contributed by atoms with van der Waals surface area (Å²) in [6.07, 6.45) is 1.44. The number of hydrogen-bond donors (Lipinski definition) is 2. The number of carboxylic acid groups (broad SMARTS) is 1. The van der Waals surface area contributed by atoms with Crippen LogP contribution in [0.4, 0.5) is 11.4 Å². The zero-order valence-electron chi connectivity index (χ0n) is 12.6. The maximum Gasteiger partial charge on any atom is 0.221 e. The molecular weight excluding hydrogens is 391 g/mol.